The molecule has 0 aliphatic carbocycles. The molecule has 22 heavy (non-hydrogen) atoms. The predicted octanol–water partition coefficient (Wildman–Crippen LogP) is 4.15. The zero-order valence-electron chi connectivity index (χ0n) is 11.3. The summed E-state index contributed by atoms with van der Waals surface area (Å²) >= 11 is 11.8. The van der Waals surface area contributed by atoms with Crippen molar-refractivity contribution in [2.75, 3.05) is 0 Å². The fraction of sp³-hybridized carbons (Fsp3) is 0. The van der Waals surface area contributed by atoms with Crippen molar-refractivity contribution in [3.8, 4) is 0 Å². The molecule has 4 nitrogen and oxygen atoms in total. The van der Waals surface area contributed by atoms with Crippen molar-refractivity contribution in [2.24, 2.45) is 10.7 Å². The van der Waals surface area contributed by atoms with Crippen molar-refractivity contribution < 1.29 is 9.90 Å². The Bertz CT molecular complexity index is 753. The Labute approximate surface area is 137 Å². The van der Waals surface area contributed by atoms with Gasteiger partial charge in [-0.25, -0.2) is 0 Å². The van der Waals surface area contributed by atoms with Crippen molar-refractivity contribution in [1.29, 1.82) is 0 Å². The van der Waals surface area contributed by atoms with E-state index in [9.17, 15) is 9.90 Å². The molecule has 112 valence electrons. The summed E-state index contributed by atoms with van der Waals surface area (Å²) in [6.45, 7) is 0. The highest BCUT2D eigenvalue weighted by Gasteiger charge is 2.14. The first-order valence-corrected chi connectivity index (χ1v) is 7.02. The number of nitrogens with two attached hydrogens (primary N) is 1. The van der Waals surface area contributed by atoms with Crippen LogP contribution in [0.1, 0.15) is 5.56 Å². The average Bonchev–Trinajstić information content (AvgIpc) is 2.49. The molecule has 1 amide bonds. The molecule has 0 heterocycles. The van der Waals surface area contributed by atoms with Gasteiger partial charge in [0.05, 0.1) is 16.3 Å². The van der Waals surface area contributed by atoms with E-state index >= 15 is 0 Å². The van der Waals surface area contributed by atoms with E-state index in [1.165, 1.54) is 6.21 Å². The number of aliphatic hydroxyl groups is 1. The van der Waals surface area contributed by atoms with Crippen LogP contribution in [-0.4, -0.2) is 17.2 Å². The average molecular weight is 335 g/mol. The molecule has 0 fully saturated rings. The molecule has 3 N–H and O–H groups in total. The molecular weight excluding hydrogens is 323 g/mol. The van der Waals surface area contributed by atoms with Crippen LogP contribution in [-0.2, 0) is 4.79 Å². The van der Waals surface area contributed by atoms with Crippen molar-refractivity contribution in [3.63, 3.8) is 0 Å². The molecule has 0 aliphatic heterocycles. The number of hydrogen-bond donors (Lipinski definition) is 2. The first-order chi connectivity index (χ1) is 10.5. The molecule has 0 saturated carbocycles. The van der Waals surface area contributed by atoms with E-state index in [0.29, 0.717) is 21.3 Å². The Morgan fingerprint density at radius 1 is 1.09 bits per heavy atom. The number of rotatable bonds is 4. The molecule has 0 radical (unpaired) electrons. The fourth-order valence-electron chi connectivity index (χ4n) is 1.71. The van der Waals surface area contributed by atoms with E-state index < -0.39 is 5.91 Å². The number of halogens is 2. The Balaban J connectivity index is 2.42. The number of aliphatic imine (C=N–C) groups is 1. The van der Waals surface area contributed by atoms with Gasteiger partial charge in [-0.1, -0.05) is 35.3 Å². The summed E-state index contributed by atoms with van der Waals surface area (Å²) in [4.78, 5) is 15.6. The molecule has 0 bridgehead atoms. The maximum Gasteiger partial charge on any atom is 0.254 e. The standard InChI is InChI=1S/C16H12Cl2N2O2/c17-10-5-7-11(8-6-10)20-9-13(16(19)22)15(21)12-3-1-2-4-14(12)18/h1-9,21H,(H2,19,22). The van der Waals surface area contributed by atoms with Crippen molar-refractivity contribution >= 4 is 46.8 Å². The van der Waals surface area contributed by atoms with Crippen LogP contribution in [0, 0.1) is 0 Å². The van der Waals surface area contributed by atoms with Crippen LogP contribution in [0.2, 0.25) is 10.0 Å². The van der Waals surface area contributed by atoms with E-state index in [2.05, 4.69) is 4.99 Å². The molecule has 0 aliphatic rings. The zero-order valence-corrected chi connectivity index (χ0v) is 12.8. The highest BCUT2D eigenvalue weighted by atomic mass is 35.5. The van der Waals surface area contributed by atoms with Gasteiger partial charge in [0.1, 0.15) is 5.76 Å². The minimum atomic E-state index is -0.810. The summed E-state index contributed by atoms with van der Waals surface area (Å²) in [5.41, 5.74) is 6.04. The van der Waals surface area contributed by atoms with Gasteiger partial charge in [-0.3, -0.25) is 9.79 Å². The SMILES string of the molecule is NC(=O)C(C=Nc1ccc(Cl)cc1)=C(O)c1ccccc1Cl. The van der Waals surface area contributed by atoms with E-state index in [4.69, 9.17) is 28.9 Å². The molecule has 2 rings (SSSR count). The van der Waals surface area contributed by atoms with Gasteiger partial charge >= 0.3 is 0 Å². The van der Waals surface area contributed by atoms with Gasteiger partial charge in [-0.2, -0.15) is 0 Å². The molecule has 0 unspecified atom stereocenters. The quantitative estimate of drug-likeness (QED) is 0.500. The fourth-order valence-corrected chi connectivity index (χ4v) is 2.06. The van der Waals surface area contributed by atoms with Crippen LogP contribution >= 0.6 is 23.2 Å². The van der Waals surface area contributed by atoms with Gasteiger partial charge in [0.2, 0.25) is 0 Å². The lowest BCUT2D eigenvalue weighted by Gasteiger charge is -2.06. The second-order valence-corrected chi connectivity index (χ2v) is 5.18. The minimum Gasteiger partial charge on any atom is -0.506 e. The van der Waals surface area contributed by atoms with Gasteiger partial charge in [0, 0.05) is 16.8 Å². The number of hydrogen-bond acceptors (Lipinski definition) is 3. The number of carbonyl (C=O) groups excluding carboxylic acids is 1. The van der Waals surface area contributed by atoms with Crippen LogP contribution in [0.15, 0.2) is 59.1 Å². The third-order valence-electron chi connectivity index (χ3n) is 2.82. The molecule has 2 aromatic rings. The molecule has 0 saturated heterocycles. The lowest BCUT2D eigenvalue weighted by atomic mass is 10.1. The second kappa shape index (κ2) is 7.11. The highest BCUT2D eigenvalue weighted by Crippen LogP contribution is 2.24. The Hall–Kier alpha value is -2.30. The third kappa shape index (κ3) is 3.87. The Morgan fingerprint density at radius 2 is 1.73 bits per heavy atom. The molecule has 0 aromatic heterocycles. The van der Waals surface area contributed by atoms with Crippen LogP contribution in [0.25, 0.3) is 5.76 Å². The third-order valence-corrected chi connectivity index (χ3v) is 3.40. The number of nitrogens with zero attached hydrogens (tertiary/aromatic N) is 1. The van der Waals surface area contributed by atoms with E-state index in [1.54, 1.807) is 48.5 Å². The van der Waals surface area contributed by atoms with Gasteiger partial charge in [0.25, 0.3) is 5.91 Å². The van der Waals surface area contributed by atoms with Crippen LogP contribution in [0.3, 0.4) is 0 Å². The summed E-state index contributed by atoms with van der Waals surface area (Å²) in [5.74, 6) is -1.13. The number of benzene rings is 2. The van der Waals surface area contributed by atoms with E-state index in [-0.39, 0.29) is 11.3 Å². The van der Waals surface area contributed by atoms with Gasteiger partial charge in [-0.05, 0) is 36.4 Å². The minimum absolute atomic E-state index is 0.136. The first-order valence-electron chi connectivity index (χ1n) is 6.26. The maximum absolute atomic E-state index is 11.5. The highest BCUT2D eigenvalue weighted by molar-refractivity contribution is 6.32. The molecular formula is C16H12Cl2N2O2. The molecule has 0 atom stereocenters. The molecule has 2 aromatic carbocycles. The van der Waals surface area contributed by atoms with Crippen molar-refractivity contribution in [3.05, 3.63) is 69.7 Å². The topological polar surface area (TPSA) is 75.7 Å². The van der Waals surface area contributed by atoms with Gasteiger partial charge < -0.3 is 10.8 Å². The maximum atomic E-state index is 11.5. The number of amides is 1. The van der Waals surface area contributed by atoms with Crippen LogP contribution < -0.4 is 5.73 Å². The smallest absolute Gasteiger partial charge is 0.254 e. The largest absolute Gasteiger partial charge is 0.506 e. The normalized spacial score (nSPS) is 12.3. The van der Waals surface area contributed by atoms with Crippen LogP contribution in [0.5, 0.6) is 0 Å². The second-order valence-electron chi connectivity index (χ2n) is 4.34. The summed E-state index contributed by atoms with van der Waals surface area (Å²) < 4.78 is 0. The summed E-state index contributed by atoms with van der Waals surface area (Å²) in [5, 5.41) is 11.1. The van der Waals surface area contributed by atoms with Gasteiger partial charge in [-0.15, -0.1) is 0 Å². The number of aliphatic hydroxyl groups excluding tert-OH is 1. The number of carbonyl (C=O) groups is 1. The first kappa shape index (κ1) is 16.1. The Kier molecular flexibility index (Phi) is 5.20. The predicted molar refractivity (Wildman–Crippen MR) is 89.8 cm³/mol. The molecule has 0 spiro atoms. The summed E-state index contributed by atoms with van der Waals surface area (Å²) in [6.07, 6.45) is 1.20. The Morgan fingerprint density at radius 3 is 2.32 bits per heavy atom. The van der Waals surface area contributed by atoms with Crippen molar-refractivity contribution in [1.82, 2.24) is 0 Å². The molecule has 6 heteroatoms. The monoisotopic (exact) mass is 334 g/mol. The van der Waals surface area contributed by atoms with Crippen LogP contribution in [0.4, 0.5) is 5.69 Å². The van der Waals surface area contributed by atoms with E-state index in [1.807, 2.05) is 0 Å². The number of primary amides is 1. The van der Waals surface area contributed by atoms with E-state index in [0.717, 1.165) is 0 Å². The summed E-state index contributed by atoms with van der Waals surface area (Å²) in [6, 6.07) is 13.2. The lowest BCUT2D eigenvalue weighted by Crippen LogP contribution is -2.16. The summed E-state index contributed by atoms with van der Waals surface area (Å²) in [7, 11) is 0. The van der Waals surface area contributed by atoms with Gasteiger partial charge in [0.15, 0.2) is 0 Å². The lowest BCUT2D eigenvalue weighted by molar-refractivity contribution is -0.114. The zero-order chi connectivity index (χ0) is 16.1. The van der Waals surface area contributed by atoms with Crippen molar-refractivity contribution in [2.45, 2.75) is 0 Å².